The number of methoxy groups -OCH3 is 1. The highest BCUT2D eigenvalue weighted by Crippen LogP contribution is 2.23. The van der Waals surface area contributed by atoms with Crippen molar-refractivity contribution in [2.45, 2.75) is 31.2 Å². The van der Waals surface area contributed by atoms with Gasteiger partial charge in [-0.3, -0.25) is 4.79 Å². The number of amides is 1. The largest absolute Gasteiger partial charge is 0.495 e. The van der Waals surface area contributed by atoms with E-state index in [4.69, 9.17) is 9.88 Å². The Bertz CT molecular complexity index is 569. The molecule has 0 aliphatic carbocycles. The molecule has 0 heterocycles. The first-order chi connectivity index (χ1) is 8.79. The first kappa shape index (κ1) is 15.5. The third-order valence-corrected chi connectivity index (χ3v) is 3.65. The molecule has 0 saturated carbocycles. The number of benzene rings is 1. The van der Waals surface area contributed by atoms with Crippen LogP contribution in [0, 0.1) is 0 Å². The van der Waals surface area contributed by atoms with Gasteiger partial charge in [0.05, 0.1) is 7.11 Å². The van der Waals surface area contributed by atoms with Crippen molar-refractivity contribution in [3.05, 3.63) is 23.8 Å². The van der Waals surface area contributed by atoms with Crippen molar-refractivity contribution in [3.63, 3.8) is 0 Å². The Kier molecular flexibility index (Phi) is 4.90. The molecule has 6 nitrogen and oxygen atoms in total. The lowest BCUT2D eigenvalue weighted by molar-refractivity contribution is 0.0939. The zero-order valence-electron chi connectivity index (χ0n) is 11.1. The Morgan fingerprint density at radius 3 is 2.58 bits per heavy atom. The molecule has 1 aromatic carbocycles. The van der Waals surface area contributed by atoms with Gasteiger partial charge in [0.15, 0.2) is 0 Å². The molecule has 0 radical (unpaired) electrons. The van der Waals surface area contributed by atoms with Crippen LogP contribution in [-0.4, -0.2) is 27.5 Å². The van der Waals surface area contributed by atoms with Gasteiger partial charge in [-0.2, -0.15) is 0 Å². The van der Waals surface area contributed by atoms with E-state index in [0.29, 0.717) is 0 Å². The predicted octanol–water partition coefficient (Wildman–Crippen LogP) is 0.871. The maximum atomic E-state index is 11.9. The Morgan fingerprint density at radius 1 is 1.47 bits per heavy atom. The minimum absolute atomic E-state index is 0.00698. The van der Waals surface area contributed by atoms with Gasteiger partial charge in [0.2, 0.25) is 10.0 Å². The third-order valence-electron chi connectivity index (χ3n) is 2.72. The smallest absolute Gasteiger partial charge is 0.251 e. The second-order valence-corrected chi connectivity index (χ2v) is 5.72. The highest BCUT2D eigenvalue weighted by atomic mass is 32.2. The van der Waals surface area contributed by atoms with E-state index in [1.165, 1.54) is 25.3 Å². The molecule has 0 bridgehead atoms. The van der Waals surface area contributed by atoms with Crippen LogP contribution < -0.4 is 15.2 Å². The van der Waals surface area contributed by atoms with Crippen molar-refractivity contribution < 1.29 is 17.9 Å². The van der Waals surface area contributed by atoms with Gasteiger partial charge in [0.1, 0.15) is 10.6 Å². The fourth-order valence-electron chi connectivity index (χ4n) is 1.45. The Morgan fingerprint density at radius 2 is 2.11 bits per heavy atom. The summed E-state index contributed by atoms with van der Waals surface area (Å²) in [5.41, 5.74) is 0.227. The number of carbonyl (C=O) groups excluding carboxylic acids is 1. The van der Waals surface area contributed by atoms with E-state index in [1.807, 2.05) is 13.8 Å². The lowest BCUT2D eigenvalue weighted by Gasteiger charge is -2.13. The standard InChI is InChI=1S/C12H18N2O4S/c1-4-8(2)14-12(15)9-5-6-10(18-3)11(7-9)19(13,16)17/h5-8H,4H2,1-3H3,(H,14,15)(H2,13,16,17). The average Bonchev–Trinajstić information content (AvgIpc) is 2.36. The molecule has 1 aromatic rings. The van der Waals surface area contributed by atoms with Gasteiger partial charge < -0.3 is 10.1 Å². The number of hydrogen-bond donors (Lipinski definition) is 2. The predicted molar refractivity (Wildman–Crippen MR) is 71.6 cm³/mol. The molecule has 0 aliphatic heterocycles. The summed E-state index contributed by atoms with van der Waals surface area (Å²) >= 11 is 0. The number of nitrogens with two attached hydrogens (primary N) is 1. The van der Waals surface area contributed by atoms with Gasteiger partial charge in [-0.05, 0) is 31.5 Å². The molecule has 19 heavy (non-hydrogen) atoms. The molecule has 0 spiro atoms. The topological polar surface area (TPSA) is 98.5 Å². The molecule has 1 unspecified atom stereocenters. The van der Waals surface area contributed by atoms with Crippen LogP contribution in [0.1, 0.15) is 30.6 Å². The van der Waals surface area contributed by atoms with Crippen molar-refractivity contribution in [2.24, 2.45) is 5.14 Å². The molecule has 1 rings (SSSR count). The number of rotatable bonds is 5. The Balaban J connectivity index is 3.16. The molecule has 0 fully saturated rings. The molecule has 1 amide bonds. The molecule has 1 atom stereocenters. The van der Waals surface area contributed by atoms with E-state index in [0.717, 1.165) is 6.42 Å². The molecule has 0 aromatic heterocycles. The summed E-state index contributed by atoms with van der Waals surface area (Å²) in [6, 6.07) is 4.12. The summed E-state index contributed by atoms with van der Waals surface area (Å²) in [6.07, 6.45) is 0.782. The number of carbonyl (C=O) groups is 1. The fourth-order valence-corrected chi connectivity index (χ4v) is 2.17. The van der Waals surface area contributed by atoms with Crippen LogP contribution in [0.4, 0.5) is 0 Å². The van der Waals surface area contributed by atoms with Crippen molar-refractivity contribution in [2.75, 3.05) is 7.11 Å². The lowest BCUT2D eigenvalue weighted by atomic mass is 10.2. The van der Waals surface area contributed by atoms with Crippen LogP contribution in [0.25, 0.3) is 0 Å². The van der Waals surface area contributed by atoms with Gasteiger partial charge in [0, 0.05) is 11.6 Å². The number of nitrogens with one attached hydrogen (secondary N) is 1. The molecular formula is C12H18N2O4S. The van der Waals surface area contributed by atoms with Crippen molar-refractivity contribution in [1.29, 1.82) is 0 Å². The summed E-state index contributed by atoms with van der Waals surface area (Å²) in [4.78, 5) is 11.7. The lowest BCUT2D eigenvalue weighted by Crippen LogP contribution is -2.32. The van der Waals surface area contributed by atoms with Crippen LogP contribution in [0.5, 0.6) is 5.75 Å². The maximum Gasteiger partial charge on any atom is 0.251 e. The Hall–Kier alpha value is -1.60. The first-order valence-corrected chi connectivity index (χ1v) is 7.36. The van der Waals surface area contributed by atoms with E-state index in [-0.39, 0.29) is 28.2 Å². The number of primary sulfonamides is 1. The van der Waals surface area contributed by atoms with E-state index in [2.05, 4.69) is 5.32 Å². The van der Waals surface area contributed by atoms with E-state index < -0.39 is 10.0 Å². The van der Waals surface area contributed by atoms with Crippen LogP contribution in [0.2, 0.25) is 0 Å². The van der Waals surface area contributed by atoms with Gasteiger partial charge >= 0.3 is 0 Å². The van der Waals surface area contributed by atoms with Gasteiger partial charge in [0.25, 0.3) is 5.91 Å². The summed E-state index contributed by atoms with van der Waals surface area (Å²) < 4.78 is 27.8. The van der Waals surface area contributed by atoms with Gasteiger partial charge in [-0.1, -0.05) is 6.92 Å². The maximum absolute atomic E-state index is 11.9. The first-order valence-electron chi connectivity index (χ1n) is 5.81. The average molecular weight is 286 g/mol. The summed E-state index contributed by atoms with van der Waals surface area (Å²) in [5, 5.41) is 7.84. The van der Waals surface area contributed by atoms with Gasteiger partial charge in [-0.15, -0.1) is 0 Å². The van der Waals surface area contributed by atoms with E-state index >= 15 is 0 Å². The second kappa shape index (κ2) is 6.03. The van der Waals surface area contributed by atoms with Crippen LogP contribution in [0.3, 0.4) is 0 Å². The minimum atomic E-state index is -3.94. The minimum Gasteiger partial charge on any atom is -0.495 e. The van der Waals surface area contributed by atoms with Crippen molar-refractivity contribution in [3.8, 4) is 5.75 Å². The van der Waals surface area contributed by atoms with Crippen LogP contribution in [0.15, 0.2) is 23.1 Å². The summed E-state index contributed by atoms with van der Waals surface area (Å²) in [7, 11) is -2.60. The summed E-state index contributed by atoms with van der Waals surface area (Å²) in [5.74, 6) is -0.232. The quantitative estimate of drug-likeness (QED) is 0.839. The fraction of sp³-hybridized carbons (Fsp3) is 0.417. The van der Waals surface area contributed by atoms with Crippen molar-refractivity contribution >= 4 is 15.9 Å². The Labute approximate surface area is 113 Å². The van der Waals surface area contributed by atoms with Gasteiger partial charge in [-0.25, -0.2) is 13.6 Å². The molecule has 7 heteroatoms. The molecular weight excluding hydrogens is 268 g/mol. The van der Waals surface area contributed by atoms with E-state index in [1.54, 1.807) is 0 Å². The normalized spacial score (nSPS) is 12.8. The highest BCUT2D eigenvalue weighted by Gasteiger charge is 2.18. The molecule has 0 aliphatic rings. The zero-order valence-corrected chi connectivity index (χ0v) is 12.0. The summed E-state index contributed by atoms with van der Waals surface area (Å²) in [6.45, 7) is 3.80. The number of sulfonamides is 1. The second-order valence-electron chi connectivity index (χ2n) is 4.19. The van der Waals surface area contributed by atoms with E-state index in [9.17, 15) is 13.2 Å². The van der Waals surface area contributed by atoms with Crippen LogP contribution in [-0.2, 0) is 10.0 Å². The number of ether oxygens (including phenoxy) is 1. The monoisotopic (exact) mass is 286 g/mol. The molecule has 0 saturated heterocycles. The highest BCUT2D eigenvalue weighted by molar-refractivity contribution is 7.89. The van der Waals surface area contributed by atoms with Crippen LogP contribution >= 0.6 is 0 Å². The van der Waals surface area contributed by atoms with Crippen molar-refractivity contribution in [1.82, 2.24) is 5.32 Å². The molecule has 106 valence electrons. The third kappa shape index (κ3) is 3.93. The molecule has 3 N–H and O–H groups in total. The number of hydrogen-bond acceptors (Lipinski definition) is 4. The zero-order chi connectivity index (χ0) is 14.6. The SMILES string of the molecule is CCC(C)NC(=O)c1ccc(OC)c(S(N)(=O)=O)c1.